The third-order valence-corrected chi connectivity index (χ3v) is 13.6. The number of nitrogens with zero attached hydrogens (tertiary/aromatic N) is 10. The normalized spacial score (nSPS) is 16.7. The van der Waals surface area contributed by atoms with Gasteiger partial charge < -0.3 is 14.9 Å². The Morgan fingerprint density at radius 3 is 1.85 bits per heavy atom. The largest absolute Gasteiger partial charge is 0.476 e. The zero-order valence-corrected chi connectivity index (χ0v) is 38.1. The van der Waals surface area contributed by atoms with E-state index in [1.165, 1.54) is 16.9 Å². The number of halogens is 6. The Morgan fingerprint density at radius 2 is 1.27 bits per heavy atom. The maximum atomic E-state index is 16.3. The summed E-state index contributed by atoms with van der Waals surface area (Å²) in [4.78, 5) is 8.45. The van der Waals surface area contributed by atoms with Gasteiger partial charge >= 0.3 is 19.9 Å². The number of alkyl halides is 5. The summed E-state index contributed by atoms with van der Waals surface area (Å²) in [6, 6.07) is 37.4. The Labute approximate surface area is 401 Å². The van der Waals surface area contributed by atoms with Crippen LogP contribution in [0.4, 0.5) is 37.7 Å². The number of hydrogen-bond donors (Lipinski definition) is 1. The van der Waals surface area contributed by atoms with E-state index in [-0.39, 0.29) is 30.2 Å². The van der Waals surface area contributed by atoms with Crippen LogP contribution in [-0.4, -0.2) is 77.6 Å². The minimum Gasteiger partial charge on any atom is -0.377 e. The molecule has 0 amide bonds. The number of phosphoric ester groups is 1. The molecule has 0 bridgehead atoms. The summed E-state index contributed by atoms with van der Waals surface area (Å²) in [5.74, 6) is -4.56. The second kappa shape index (κ2) is 19.1. The van der Waals surface area contributed by atoms with Crippen LogP contribution in [-0.2, 0) is 49.4 Å². The molecule has 10 rings (SSSR count). The Morgan fingerprint density at radius 1 is 0.690 bits per heavy atom. The summed E-state index contributed by atoms with van der Waals surface area (Å²) in [6.45, 7) is 1.27. The summed E-state index contributed by atoms with van der Waals surface area (Å²) in [5, 5.41) is 30.3. The summed E-state index contributed by atoms with van der Waals surface area (Å²) < 4.78 is 123. The molecular formula is C49H41F6N10O5P. The van der Waals surface area contributed by atoms with Gasteiger partial charge in [-0.2, -0.15) is 22.0 Å². The highest BCUT2D eigenvalue weighted by atomic mass is 31.2. The van der Waals surface area contributed by atoms with Gasteiger partial charge in [0.2, 0.25) is 6.10 Å². The average Bonchev–Trinajstić information content (AvgIpc) is 4.08. The first kappa shape index (κ1) is 47.4. The summed E-state index contributed by atoms with van der Waals surface area (Å²) in [5.41, 5.74) is 0.197. The molecule has 1 unspecified atom stereocenters. The number of aliphatic hydroxyl groups is 1. The molecule has 71 heavy (non-hydrogen) atoms. The van der Waals surface area contributed by atoms with Crippen molar-refractivity contribution in [3.63, 3.8) is 0 Å². The number of anilines is 2. The van der Waals surface area contributed by atoms with Gasteiger partial charge in [0.15, 0.2) is 11.4 Å². The molecule has 0 saturated carbocycles. The molecular weight excluding hydrogens is 954 g/mol. The molecule has 0 radical (unpaired) electrons. The predicted molar refractivity (Wildman–Crippen MR) is 246 cm³/mol. The van der Waals surface area contributed by atoms with Crippen molar-refractivity contribution in [2.45, 2.75) is 43.6 Å². The van der Waals surface area contributed by atoms with E-state index in [1.807, 2.05) is 36.4 Å². The van der Waals surface area contributed by atoms with E-state index in [1.54, 1.807) is 72.8 Å². The molecule has 2 aliphatic rings. The van der Waals surface area contributed by atoms with E-state index in [2.05, 4.69) is 40.6 Å². The van der Waals surface area contributed by atoms with Gasteiger partial charge in [-0.05, 0) is 81.7 Å². The molecule has 0 spiro atoms. The van der Waals surface area contributed by atoms with Gasteiger partial charge in [0.1, 0.15) is 17.2 Å². The fourth-order valence-corrected chi connectivity index (χ4v) is 9.79. The smallest absolute Gasteiger partial charge is 0.377 e. The molecule has 2 aliphatic heterocycles. The molecule has 2 atom stereocenters. The van der Waals surface area contributed by atoms with Gasteiger partial charge in [0.05, 0.1) is 31.6 Å². The van der Waals surface area contributed by atoms with Crippen LogP contribution in [0.25, 0.3) is 28.2 Å². The number of fused-ring (bicyclic) bond motifs is 3. The monoisotopic (exact) mass is 994 g/mol. The topological polar surface area (TPSA) is 159 Å². The van der Waals surface area contributed by atoms with Crippen LogP contribution in [0.15, 0.2) is 152 Å². The zero-order chi connectivity index (χ0) is 49.4. The van der Waals surface area contributed by atoms with Crippen LogP contribution in [0.3, 0.4) is 0 Å². The number of rotatable bonds is 15. The number of piperazine rings is 1. The minimum absolute atomic E-state index is 0.0437. The van der Waals surface area contributed by atoms with Crippen molar-refractivity contribution in [1.82, 2.24) is 40.2 Å². The lowest BCUT2D eigenvalue weighted by atomic mass is 9.80. The number of aromatic nitrogens is 8. The highest BCUT2D eigenvalue weighted by molar-refractivity contribution is 7.48. The second-order valence-electron chi connectivity index (χ2n) is 16.8. The third-order valence-electron chi connectivity index (χ3n) is 12.3. The van der Waals surface area contributed by atoms with Gasteiger partial charge in [-0.15, -0.1) is 10.2 Å². The van der Waals surface area contributed by atoms with Crippen molar-refractivity contribution in [2.75, 3.05) is 36.0 Å². The van der Waals surface area contributed by atoms with Gasteiger partial charge in [-0.3, -0.25) is 18.6 Å². The van der Waals surface area contributed by atoms with Gasteiger partial charge in [0, 0.05) is 60.4 Å². The molecule has 1 N–H and O–H groups in total. The second-order valence-corrected chi connectivity index (χ2v) is 18.5. The molecule has 22 heteroatoms. The minimum atomic E-state index is -5.07. The SMILES string of the molecule is O=P(OCc1ccccc1)(OCc1ccccc1)OC(c1cn(-c2ccc(N3CCN(c4ccc(-c5ccc(C(F)(F)[C@]6(O)Cn7nnnc7-c7cc(F)ccc76)nc5)cc4)CC3)cc2)nn1)C(F)(F)F. The standard InChI is InChI=1S/C49H41F6N10O5P/c50-37-14-21-42-41(27-37)46-58-59-61-65(46)32-47(42,66)48(51,52)44-22-13-36(28-56-44)35-11-15-38(16-12-35)62-23-25-63(26-24-62)39-17-19-40(20-18-39)64-29-43(57-60-64)45(49(53,54)55)70-71(67,68-30-33-7-3-1-4-8-33)69-31-34-9-5-2-6-10-34/h1-22,27-29,45,66H,23-26,30-32H2/t45?,47-/m0/s1. The zero-order valence-electron chi connectivity index (χ0n) is 37.2. The average molecular weight is 995 g/mol. The number of pyridine rings is 1. The molecule has 1 fully saturated rings. The van der Waals surface area contributed by atoms with Crippen molar-refractivity contribution in [1.29, 1.82) is 0 Å². The lowest BCUT2D eigenvalue weighted by molar-refractivity contribution is -0.207. The van der Waals surface area contributed by atoms with Crippen LogP contribution < -0.4 is 9.80 Å². The fraction of sp³-hybridized carbons (Fsp3) is 0.224. The lowest BCUT2D eigenvalue weighted by Crippen LogP contribution is -2.49. The van der Waals surface area contributed by atoms with Crippen LogP contribution in [0.5, 0.6) is 0 Å². The Kier molecular flexibility index (Phi) is 12.8. The van der Waals surface area contributed by atoms with E-state index >= 15 is 8.78 Å². The van der Waals surface area contributed by atoms with Crippen molar-refractivity contribution >= 4 is 19.2 Å². The van der Waals surface area contributed by atoms with E-state index in [4.69, 9.17) is 13.6 Å². The molecule has 1 saturated heterocycles. The summed E-state index contributed by atoms with van der Waals surface area (Å²) >= 11 is 0. The van der Waals surface area contributed by atoms with Gasteiger partial charge in [0.25, 0.3) is 0 Å². The van der Waals surface area contributed by atoms with Crippen molar-refractivity contribution in [2.24, 2.45) is 0 Å². The lowest BCUT2D eigenvalue weighted by Gasteiger charge is -2.39. The molecule has 5 aromatic carbocycles. The number of phosphoric acid groups is 1. The summed E-state index contributed by atoms with van der Waals surface area (Å²) in [7, 11) is -4.87. The Balaban J connectivity index is 0.764. The number of benzene rings is 5. The first-order valence-corrected chi connectivity index (χ1v) is 23.6. The predicted octanol–water partition coefficient (Wildman–Crippen LogP) is 9.60. The molecule has 5 heterocycles. The van der Waals surface area contributed by atoms with Crippen molar-refractivity contribution in [3.05, 3.63) is 186 Å². The number of hydrogen-bond acceptors (Lipinski definition) is 13. The summed E-state index contributed by atoms with van der Waals surface area (Å²) in [6.07, 6.45) is -5.51. The van der Waals surface area contributed by atoms with Crippen LogP contribution in [0.1, 0.15) is 34.2 Å². The van der Waals surface area contributed by atoms with E-state index in [9.17, 15) is 27.2 Å². The molecule has 15 nitrogen and oxygen atoms in total. The fourth-order valence-electron chi connectivity index (χ4n) is 8.49. The Hall–Kier alpha value is -7.29. The molecule has 8 aromatic rings. The maximum Gasteiger partial charge on any atom is 0.476 e. The molecule has 364 valence electrons. The van der Waals surface area contributed by atoms with E-state index < -0.39 is 55.4 Å². The van der Waals surface area contributed by atoms with Crippen LogP contribution >= 0.6 is 7.82 Å². The molecule has 3 aromatic heterocycles. The maximum absolute atomic E-state index is 16.3. The van der Waals surface area contributed by atoms with Crippen LogP contribution in [0.2, 0.25) is 0 Å². The van der Waals surface area contributed by atoms with Crippen molar-refractivity contribution in [3.8, 4) is 28.2 Å². The quantitative estimate of drug-likeness (QED) is 0.0765. The highest BCUT2D eigenvalue weighted by Gasteiger charge is 2.59. The first-order valence-electron chi connectivity index (χ1n) is 22.1. The third kappa shape index (κ3) is 9.78. The van der Waals surface area contributed by atoms with Crippen molar-refractivity contribution < 1.29 is 49.6 Å². The molecule has 0 aliphatic carbocycles. The first-order chi connectivity index (χ1) is 34.2. The highest BCUT2D eigenvalue weighted by Crippen LogP contribution is 2.57. The van der Waals surface area contributed by atoms with Gasteiger partial charge in [-0.1, -0.05) is 90.1 Å². The van der Waals surface area contributed by atoms with E-state index in [0.717, 1.165) is 52.1 Å². The van der Waals surface area contributed by atoms with E-state index in [0.29, 0.717) is 48.6 Å². The Bertz CT molecular complexity index is 3110. The van der Waals surface area contributed by atoms with Crippen LogP contribution in [0, 0.1) is 5.82 Å². The number of tetrazole rings is 1. The van der Waals surface area contributed by atoms with Gasteiger partial charge in [-0.25, -0.2) is 18.3 Å².